The monoisotopic (exact) mass is 347 g/mol. The molecule has 2 aromatic carbocycles. The van der Waals surface area contributed by atoms with Crippen molar-refractivity contribution in [1.82, 2.24) is 5.32 Å². The number of methoxy groups -OCH3 is 1. The minimum Gasteiger partial charge on any atom is -0.380 e. The lowest BCUT2D eigenvalue weighted by Gasteiger charge is -2.10. The minimum absolute atomic E-state index is 0.0181. The number of benzene rings is 2. The van der Waals surface area contributed by atoms with Crippen molar-refractivity contribution in [3.05, 3.63) is 69.7 Å². The van der Waals surface area contributed by atoms with Crippen molar-refractivity contribution in [2.45, 2.75) is 19.6 Å². The van der Waals surface area contributed by atoms with Crippen LogP contribution in [0.1, 0.15) is 16.7 Å². The molecule has 1 amide bonds. The highest BCUT2D eigenvalue weighted by Crippen LogP contribution is 2.12. The first-order chi connectivity index (χ1) is 10.2. The number of amides is 1. The highest BCUT2D eigenvalue weighted by molar-refractivity contribution is 9.10. The van der Waals surface area contributed by atoms with Crippen LogP contribution in [-0.2, 0) is 29.1 Å². The Labute approximate surface area is 133 Å². The Balaban J connectivity index is 1.90. The lowest BCUT2D eigenvalue weighted by Crippen LogP contribution is -2.25. The van der Waals surface area contributed by atoms with E-state index in [1.807, 2.05) is 48.5 Å². The van der Waals surface area contributed by atoms with E-state index >= 15 is 0 Å². The second-order valence-corrected chi connectivity index (χ2v) is 5.70. The molecule has 110 valence electrons. The summed E-state index contributed by atoms with van der Waals surface area (Å²) in [6.45, 7) is 1.08. The van der Waals surface area contributed by atoms with Gasteiger partial charge in [-0.25, -0.2) is 0 Å². The zero-order valence-electron chi connectivity index (χ0n) is 11.9. The van der Waals surface area contributed by atoms with E-state index in [1.54, 1.807) is 7.11 Å². The van der Waals surface area contributed by atoms with Crippen molar-refractivity contribution >= 4 is 21.8 Å². The molecule has 1 N–H and O–H groups in total. The third-order valence-electron chi connectivity index (χ3n) is 3.17. The van der Waals surface area contributed by atoms with Gasteiger partial charge >= 0.3 is 0 Å². The van der Waals surface area contributed by atoms with Crippen molar-refractivity contribution in [3.8, 4) is 0 Å². The van der Waals surface area contributed by atoms with Gasteiger partial charge in [-0.1, -0.05) is 52.3 Å². The predicted octanol–water partition coefficient (Wildman–Crippen LogP) is 3.45. The molecule has 0 aliphatic carbocycles. The van der Waals surface area contributed by atoms with Gasteiger partial charge in [0.1, 0.15) is 0 Å². The Kier molecular flexibility index (Phi) is 5.96. The predicted molar refractivity (Wildman–Crippen MR) is 86.8 cm³/mol. The van der Waals surface area contributed by atoms with Gasteiger partial charge in [-0.3, -0.25) is 4.79 Å². The fourth-order valence-electron chi connectivity index (χ4n) is 2.07. The van der Waals surface area contributed by atoms with Crippen molar-refractivity contribution in [2.75, 3.05) is 7.11 Å². The fourth-order valence-corrected chi connectivity index (χ4v) is 2.33. The molecule has 4 heteroatoms. The van der Waals surface area contributed by atoms with Gasteiger partial charge in [0.15, 0.2) is 0 Å². The largest absolute Gasteiger partial charge is 0.380 e. The first-order valence-corrected chi connectivity index (χ1v) is 7.55. The molecular weight excluding hydrogens is 330 g/mol. The molecule has 0 saturated carbocycles. The van der Waals surface area contributed by atoms with Gasteiger partial charge < -0.3 is 10.1 Å². The van der Waals surface area contributed by atoms with E-state index < -0.39 is 0 Å². The van der Waals surface area contributed by atoms with Crippen LogP contribution in [0.3, 0.4) is 0 Å². The van der Waals surface area contributed by atoms with E-state index in [0.717, 1.165) is 21.2 Å². The van der Waals surface area contributed by atoms with Crippen LogP contribution in [0, 0.1) is 0 Å². The van der Waals surface area contributed by atoms with Crippen molar-refractivity contribution in [1.29, 1.82) is 0 Å². The molecule has 0 fully saturated rings. The molecule has 0 aromatic heterocycles. The zero-order valence-corrected chi connectivity index (χ0v) is 13.5. The van der Waals surface area contributed by atoms with Crippen molar-refractivity contribution < 1.29 is 9.53 Å². The lowest BCUT2D eigenvalue weighted by atomic mass is 10.1. The van der Waals surface area contributed by atoms with E-state index in [4.69, 9.17) is 4.74 Å². The van der Waals surface area contributed by atoms with Crippen LogP contribution < -0.4 is 5.32 Å². The Morgan fingerprint density at radius 2 is 1.76 bits per heavy atom. The van der Waals surface area contributed by atoms with E-state index in [1.165, 1.54) is 0 Å². The van der Waals surface area contributed by atoms with Crippen molar-refractivity contribution in [3.63, 3.8) is 0 Å². The standard InChI is InChI=1S/C17H18BrNO2/c1-21-12-15-5-3-2-4-14(15)11-19-17(20)10-13-6-8-16(18)9-7-13/h2-9H,10-12H2,1H3,(H,19,20). The molecule has 0 unspecified atom stereocenters. The molecule has 2 aromatic rings. The van der Waals surface area contributed by atoms with Crippen molar-refractivity contribution in [2.24, 2.45) is 0 Å². The Morgan fingerprint density at radius 3 is 2.43 bits per heavy atom. The van der Waals surface area contributed by atoms with E-state index in [-0.39, 0.29) is 5.91 Å². The molecule has 0 saturated heterocycles. The third kappa shape index (κ3) is 4.99. The first kappa shape index (κ1) is 15.7. The normalized spacial score (nSPS) is 10.4. The summed E-state index contributed by atoms with van der Waals surface area (Å²) in [6.07, 6.45) is 0.389. The summed E-state index contributed by atoms with van der Waals surface area (Å²) in [5.74, 6) is 0.0181. The van der Waals surface area contributed by atoms with E-state index in [9.17, 15) is 4.79 Å². The van der Waals surface area contributed by atoms with Gasteiger partial charge in [0.25, 0.3) is 0 Å². The smallest absolute Gasteiger partial charge is 0.224 e. The number of halogens is 1. The molecular formula is C17H18BrNO2. The molecule has 0 aliphatic heterocycles. The number of hydrogen-bond acceptors (Lipinski definition) is 2. The summed E-state index contributed by atoms with van der Waals surface area (Å²) in [7, 11) is 1.67. The number of carbonyl (C=O) groups excluding carboxylic acids is 1. The van der Waals surface area contributed by atoms with Crippen LogP contribution in [0.25, 0.3) is 0 Å². The second kappa shape index (κ2) is 7.96. The van der Waals surface area contributed by atoms with Crippen LogP contribution >= 0.6 is 15.9 Å². The highest BCUT2D eigenvalue weighted by Gasteiger charge is 2.06. The number of hydrogen-bond donors (Lipinski definition) is 1. The summed E-state index contributed by atoms with van der Waals surface area (Å²) in [6, 6.07) is 15.7. The quantitative estimate of drug-likeness (QED) is 0.868. The number of carbonyl (C=O) groups is 1. The molecule has 21 heavy (non-hydrogen) atoms. The average molecular weight is 348 g/mol. The molecule has 0 aliphatic rings. The van der Waals surface area contributed by atoms with E-state index in [0.29, 0.717) is 19.6 Å². The van der Waals surface area contributed by atoms with Crippen LogP contribution in [0.5, 0.6) is 0 Å². The average Bonchev–Trinajstić information content (AvgIpc) is 2.49. The van der Waals surface area contributed by atoms with Gasteiger partial charge in [0.05, 0.1) is 13.0 Å². The van der Waals surface area contributed by atoms with Gasteiger partial charge in [0.2, 0.25) is 5.91 Å². The molecule has 0 radical (unpaired) electrons. The summed E-state index contributed by atoms with van der Waals surface area (Å²) in [5, 5.41) is 2.95. The molecule has 0 atom stereocenters. The highest BCUT2D eigenvalue weighted by atomic mass is 79.9. The maximum atomic E-state index is 12.0. The molecule has 0 bridgehead atoms. The maximum Gasteiger partial charge on any atom is 0.224 e. The summed E-state index contributed by atoms with van der Waals surface area (Å²) < 4.78 is 6.18. The molecule has 3 nitrogen and oxygen atoms in total. The first-order valence-electron chi connectivity index (χ1n) is 6.76. The van der Waals surface area contributed by atoms with Gasteiger partial charge in [-0.05, 0) is 28.8 Å². The van der Waals surface area contributed by atoms with E-state index in [2.05, 4.69) is 21.2 Å². The van der Waals surface area contributed by atoms with Crippen LogP contribution in [0.2, 0.25) is 0 Å². The Bertz CT molecular complexity index is 596. The summed E-state index contributed by atoms with van der Waals surface area (Å²) in [5.41, 5.74) is 3.19. The van der Waals surface area contributed by atoms with Gasteiger partial charge in [-0.15, -0.1) is 0 Å². The number of ether oxygens (including phenoxy) is 1. The Hall–Kier alpha value is -1.65. The Morgan fingerprint density at radius 1 is 1.10 bits per heavy atom. The molecule has 0 spiro atoms. The third-order valence-corrected chi connectivity index (χ3v) is 3.70. The molecule has 0 heterocycles. The van der Waals surface area contributed by atoms with Gasteiger partial charge in [-0.2, -0.15) is 0 Å². The van der Waals surface area contributed by atoms with Gasteiger partial charge in [0, 0.05) is 18.1 Å². The topological polar surface area (TPSA) is 38.3 Å². The minimum atomic E-state index is 0.0181. The number of nitrogens with one attached hydrogen (secondary N) is 1. The zero-order chi connectivity index (χ0) is 15.1. The second-order valence-electron chi connectivity index (χ2n) is 4.78. The summed E-state index contributed by atoms with van der Waals surface area (Å²) >= 11 is 3.38. The SMILES string of the molecule is COCc1ccccc1CNC(=O)Cc1ccc(Br)cc1. The lowest BCUT2D eigenvalue weighted by molar-refractivity contribution is -0.120. The molecule has 2 rings (SSSR count). The van der Waals surface area contributed by atoms with Crippen LogP contribution in [0.15, 0.2) is 53.0 Å². The van der Waals surface area contributed by atoms with Crippen LogP contribution in [0.4, 0.5) is 0 Å². The summed E-state index contributed by atoms with van der Waals surface area (Å²) in [4.78, 5) is 12.0. The van der Waals surface area contributed by atoms with Crippen LogP contribution in [-0.4, -0.2) is 13.0 Å². The fraction of sp³-hybridized carbons (Fsp3) is 0.235. The number of rotatable bonds is 6. The maximum absolute atomic E-state index is 12.0.